The van der Waals surface area contributed by atoms with Crippen LogP contribution in [0.2, 0.25) is 0 Å². The van der Waals surface area contributed by atoms with Crippen molar-refractivity contribution in [2.45, 2.75) is 12.8 Å². The van der Waals surface area contributed by atoms with Gasteiger partial charge in [-0.15, -0.1) is 11.8 Å². The summed E-state index contributed by atoms with van der Waals surface area (Å²) in [5, 5.41) is 2.61. The number of anilines is 2. The molecule has 2 aromatic carbocycles. The number of nitrogens with zero attached hydrogens (tertiary/aromatic N) is 1. The smallest absolute Gasteiger partial charge is 0.316 e. The Morgan fingerprint density at radius 2 is 1.83 bits per heavy atom. The molecule has 0 fully saturated rings. The first-order valence-electron chi connectivity index (χ1n) is 9.20. The first-order chi connectivity index (χ1) is 14.0. The first kappa shape index (κ1) is 20.9. The van der Waals surface area contributed by atoms with E-state index < -0.39 is 5.97 Å². The number of rotatable bonds is 7. The summed E-state index contributed by atoms with van der Waals surface area (Å²) in [6.45, 7) is 0.279. The van der Waals surface area contributed by atoms with Crippen LogP contribution in [0.4, 0.5) is 15.8 Å². The van der Waals surface area contributed by atoms with E-state index in [1.807, 2.05) is 24.3 Å². The van der Waals surface area contributed by atoms with E-state index in [0.29, 0.717) is 12.2 Å². The van der Waals surface area contributed by atoms with Crippen LogP contribution in [0.5, 0.6) is 0 Å². The lowest BCUT2D eigenvalue weighted by Crippen LogP contribution is -2.38. The zero-order valence-electron chi connectivity index (χ0n) is 15.7. The summed E-state index contributed by atoms with van der Waals surface area (Å²) >= 11 is 1.08. The van der Waals surface area contributed by atoms with Crippen LogP contribution in [0.3, 0.4) is 0 Å². The summed E-state index contributed by atoms with van der Waals surface area (Å²) in [5.74, 6) is -1.51. The van der Waals surface area contributed by atoms with E-state index in [4.69, 9.17) is 4.74 Å². The minimum atomic E-state index is -0.553. The maximum Gasteiger partial charge on any atom is 0.316 e. The molecule has 1 aliphatic rings. The fourth-order valence-corrected chi connectivity index (χ4v) is 3.62. The van der Waals surface area contributed by atoms with Gasteiger partial charge in [0, 0.05) is 17.9 Å². The van der Waals surface area contributed by atoms with Crippen LogP contribution in [0.25, 0.3) is 0 Å². The van der Waals surface area contributed by atoms with Gasteiger partial charge in [-0.3, -0.25) is 14.4 Å². The summed E-state index contributed by atoms with van der Waals surface area (Å²) in [6, 6.07) is 13.1. The van der Waals surface area contributed by atoms with E-state index in [2.05, 4.69) is 5.32 Å². The molecule has 0 radical (unpaired) electrons. The number of carbonyl (C=O) groups excluding carboxylic acids is 3. The number of carbonyl (C=O) groups is 3. The molecular weight excluding hydrogens is 395 g/mol. The highest BCUT2D eigenvalue weighted by atomic mass is 32.2. The molecule has 0 atom stereocenters. The lowest BCUT2D eigenvalue weighted by Gasteiger charge is -2.29. The summed E-state index contributed by atoms with van der Waals surface area (Å²) in [5.41, 5.74) is 2.46. The number of benzene rings is 2. The molecule has 1 heterocycles. The predicted octanol–water partition coefficient (Wildman–Crippen LogP) is 3.02. The molecule has 6 nitrogen and oxygen atoms in total. The summed E-state index contributed by atoms with van der Waals surface area (Å²) in [4.78, 5) is 37.8. The number of nitrogens with one attached hydrogen (secondary N) is 1. The Morgan fingerprint density at radius 3 is 2.62 bits per heavy atom. The molecule has 8 heteroatoms. The maximum absolute atomic E-state index is 12.8. The molecule has 0 spiro atoms. The number of para-hydroxylation sites is 1. The van der Waals surface area contributed by atoms with E-state index in [1.165, 1.54) is 24.3 Å². The number of amides is 2. The van der Waals surface area contributed by atoms with Gasteiger partial charge in [-0.2, -0.15) is 0 Å². The van der Waals surface area contributed by atoms with Crippen LogP contribution in [0.1, 0.15) is 12.0 Å². The zero-order chi connectivity index (χ0) is 20.6. The molecule has 0 aliphatic carbocycles. The lowest BCUT2D eigenvalue weighted by atomic mass is 10.0. The Hall–Kier alpha value is -2.87. The van der Waals surface area contributed by atoms with Crippen molar-refractivity contribution in [2.24, 2.45) is 0 Å². The third-order valence-corrected chi connectivity index (χ3v) is 5.26. The fraction of sp³-hybridized carbons (Fsp3) is 0.286. The standard InChI is InChI=1S/C21H21FN2O4S/c22-16-7-9-17(10-8-16)23-19(25)13-29-14-21(27)28-12-20(26)24-11-3-5-15-4-1-2-6-18(15)24/h1-2,4,6-10H,3,5,11-14H2,(H,23,25). The predicted molar refractivity (Wildman–Crippen MR) is 110 cm³/mol. The number of halogens is 1. The lowest BCUT2D eigenvalue weighted by molar-refractivity contribution is -0.145. The van der Waals surface area contributed by atoms with Crippen molar-refractivity contribution in [1.29, 1.82) is 0 Å². The second-order valence-electron chi connectivity index (χ2n) is 6.49. The largest absolute Gasteiger partial charge is 0.455 e. The van der Waals surface area contributed by atoms with Gasteiger partial charge in [0.2, 0.25) is 5.91 Å². The zero-order valence-corrected chi connectivity index (χ0v) is 16.5. The molecule has 0 aromatic heterocycles. The van der Waals surface area contributed by atoms with Gasteiger partial charge < -0.3 is 15.0 Å². The van der Waals surface area contributed by atoms with E-state index in [9.17, 15) is 18.8 Å². The second kappa shape index (κ2) is 10.1. The average molecular weight is 416 g/mol. The number of fused-ring (bicyclic) bond motifs is 1. The van der Waals surface area contributed by atoms with Crippen molar-refractivity contribution < 1.29 is 23.5 Å². The molecule has 0 unspecified atom stereocenters. The molecule has 2 aromatic rings. The highest BCUT2D eigenvalue weighted by molar-refractivity contribution is 8.00. The number of hydrogen-bond acceptors (Lipinski definition) is 5. The Bertz CT molecular complexity index is 889. The van der Waals surface area contributed by atoms with Crippen molar-refractivity contribution in [3.05, 3.63) is 59.9 Å². The summed E-state index contributed by atoms with van der Waals surface area (Å²) in [7, 11) is 0. The quantitative estimate of drug-likeness (QED) is 0.703. The topological polar surface area (TPSA) is 75.7 Å². The fourth-order valence-electron chi connectivity index (χ4n) is 3.01. The van der Waals surface area contributed by atoms with Gasteiger partial charge in [0.1, 0.15) is 5.82 Å². The van der Waals surface area contributed by atoms with Crippen LogP contribution in [-0.2, 0) is 25.5 Å². The number of esters is 1. The van der Waals surface area contributed by atoms with E-state index in [0.717, 1.165) is 35.9 Å². The van der Waals surface area contributed by atoms with Gasteiger partial charge in [-0.25, -0.2) is 4.39 Å². The third kappa shape index (κ3) is 6.05. The van der Waals surface area contributed by atoms with Crippen molar-refractivity contribution >= 4 is 40.9 Å². The number of aryl methyl sites for hydroxylation is 1. The molecule has 0 bridgehead atoms. The highest BCUT2D eigenvalue weighted by Gasteiger charge is 2.23. The Labute approximate surface area is 172 Å². The Kier molecular flexibility index (Phi) is 7.24. The normalized spacial score (nSPS) is 12.8. The monoisotopic (exact) mass is 416 g/mol. The third-order valence-electron chi connectivity index (χ3n) is 4.35. The van der Waals surface area contributed by atoms with E-state index in [1.54, 1.807) is 4.90 Å². The molecule has 152 valence electrons. The van der Waals surface area contributed by atoms with Crippen LogP contribution in [-0.4, -0.2) is 42.4 Å². The number of thioether (sulfide) groups is 1. The van der Waals surface area contributed by atoms with Crippen LogP contribution in [0, 0.1) is 5.82 Å². The molecule has 1 aliphatic heterocycles. The molecule has 2 amide bonds. The molecule has 0 saturated heterocycles. The molecule has 3 rings (SSSR count). The Balaban J connectivity index is 1.37. The van der Waals surface area contributed by atoms with Crippen molar-refractivity contribution in [3.63, 3.8) is 0 Å². The highest BCUT2D eigenvalue weighted by Crippen LogP contribution is 2.26. The maximum atomic E-state index is 12.8. The van der Waals surface area contributed by atoms with Crippen LogP contribution in [0.15, 0.2) is 48.5 Å². The minimum Gasteiger partial charge on any atom is -0.455 e. The van der Waals surface area contributed by atoms with E-state index >= 15 is 0 Å². The number of hydrogen-bond donors (Lipinski definition) is 1. The SMILES string of the molecule is O=C(CSCC(=O)OCC(=O)N1CCCc2ccccc21)Nc1ccc(F)cc1. The number of ether oxygens (including phenoxy) is 1. The van der Waals surface area contributed by atoms with Gasteiger partial charge in [-0.05, 0) is 48.7 Å². The van der Waals surface area contributed by atoms with Gasteiger partial charge in [0.25, 0.3) is 5.91 Å². The van der Waals surface area contributed by atoms with Gasteiger partial charge in [0.05, 0.1) is 11.5 Å². The van der Waals surface area contributed by atoms with Crippen molar-refractivity contribution in [3.8, 4) is 0 Å². The molecule has 1 N–H and O–H groups in total. The average Bonchev–Trinajstić information content (AvgIpc) is 2.73. The molecular formula is C21H21FN2O4S. The summed E-state index contributed by atoms with van der Waals surface area (Å²) in [6.07, 6.45) is 1.80. The van der Waals surface area contributed by atoms with Crippen LogP contribution < -0.4 is 10.2 Å². The van der Waals surface area contributed by atoms with Crippen LogP contribution >= 0.6 is 11.8 Å². The van der Waals surface area contributed by atoms with Gasteiger partial charge in [0.15, 0.2) is 6.61 Å². The molecule has 29 heavy (non-hydrogen) atoms. The minimum absolute atomic E-state index is 0.0410. The van der Waals surface area contributed by atoms with Gasteiger partial charge in [-0.1, -0.05) is 18.2 Å². The Morgan fingerprint density at radius 1 is 1.07 bits per heavy atom. The van der Waals surface area contributed by atoms with Crippen molar-refractivity contribution in [2.75, 3.05) is 34.9 Å². The second-order valence-corrected chi connectivity index (χ2v) is 7.47. The van der Waals surface area contributed by atoms with E-state index in [-0.39, 0.29) is 35.7 Å². The summed E-state index contributed by atoms with van der Waals surface area (Å²) < 4.78 is 17.9. The van der Waals surface area contributed by atoms with Gasteiger partial charge >= 0.3 is 5.97 Å². The first-order valence-corrected chi connectivity index (χ1v) is 10.4. The van der Waals surface area contributed by atoms with Crippen molar-refractivity contribution in [1.82, 2.24) is 0 Å². The molecule has 0 saturated carbocycles.